The Kier molecular flexibility index (Phi) is 3.64. The normalized spacial score (nSPS) is 17.4. The van der Waals surface area contributed by atoms with Crippen LogP contribution in [-0.2, 0) is 11.2 Å². The Morgan fingerprint density at radius 3 is 2.72 bits per heavy atom. The van der Waals surface area contributed by atoms with Gasteiger partial charge in [-0.25, -0.2) is 0 Å². The average molecular weight is 342 g/mol. The number of ether oxygens (including phenoxy) is 3. The van der Waals surface area contributed by atoms with E-state index in [0.717, 1.165) is 5.56 Å². The Balaban J connectivity index is 1.52. The molecule has 2 aliphatic rings. The van der Waals surface area contributed by atoms with E-state index in [4.69, 9.17) is 14.2 Å². The van der Waals surface area contributed by atoms with Crippen LogP contribution in [0, 0.1) is 10.1 Å². The molecule has 2 aliphatic heterocycles. The van der Waals surface area contributed by atoms with Gasteiger partial charge in [0.15, 0.2) is 17.6 Å². The van der Waals surface area contributed by atoms with Crippen LogP contribution in [0.1, 0.15) is 12.0 Å². The van der Waals surface area contributed by atoms with Gasteiger partial charge in [-0.15, -0.1) is 0 Å². The molecular weight excluding hydrogens is 328 g/mol. The second-order valence-corrected chi connectivity index (χ2v) is 5.72. The number of nitrogens with zero attached hydrogens (tertiary/aromatic N) is 1. The number of anilines is 1. The standard InChI is InChI=1S/C17H14N2O6/c20-17(18-11-3-1-2-4-12(11)19(21)22)13-6-5-10-7-15-16(24-9-23-15)8-14(10)25-13/h1-4,7-8,13H,5-6,9H2,(H,18,20). The fourth-order valence-corrected chi connectivity index (χ4v) is 2.91. The largest absolute Gasteiger partial charge is 0.480 e. The van der Waals surface area contributed by atoms with Crippen LogP contribution in [0.15, 0.2) is 36.4 Å². The molecule has 1 atom stereocenters. The van der Waals surface area contributed by atoms with Gasteiger partial charge in [0.1, 0.15) is 11.4 Å². The molecule has 4 rings (SSSR count). The molecular formula is C17H14N2O6. The summed E-state index contributed by atoms with van der Waals surface area (Å²) in [6.07, 6.45) is 0.382. The maximum absolute atomic E-state index is 12.5. The molecule has 0 saturated heterocycles. The first-order valence-corrected chi connectivity index (χ1v) is 7.75. The van der Waals surface area contributed by atoms with E-state index in [1.807, 2.05) is 6.07 Å². The molecule has 0 saturated carbocycles. The number of nitrogens with one attached hydrogen (secondary N) is 1. The number of rotatable bonds is 3. The monoisotopic (exact) mass is 342 g/mol. The van der Waals surface area contributed by atoms with Crippen molar-refractivity contribution in [1.29, 1.82) is 0 Å². The van der Waals surface area contributed by atoms with E-state index < -0.39 is 16.9 Å². The van der Waals surface area contributed by atoms with Crippen LogP contribution in [0.2, 0.25) is 0 Å². The van der Waals surface area contributed by atoms with Crippen molar-refractivity contribution in [2.45, 2.75) is 18.9 Å². The Morgan fingerprint density at radius 1 is 1.16 bits per heavy atom. The summed E-state index contributed by atoms with van der Waals surface area (Å²) < 4.78 is 16.4. The Morgan fingerprint density at radius 2 is 1.92 bits per heavy atom. The zero-order chi connectivity index (χ0) is 17.4. The molecule has 128 valence electrons. The van der Waals surface area contributed by atoms with E-state index in [1.165, 1.54) is 12.1 Å². The number of amides is 1. The minimum atomic E-state index is -0.729. The van der Waals surface area contributed by atoms with Gasteiger partial charge in [-0.05, 0) is 30.5 Å². The van der Waals surface area contributed by atoms with Gasteiger partial charge in [0.05, 0.1) is 4.92 Å². The first-order chi connectivity index (χ1) is 12.1. The van der Waals surface area contributed by atoms with Gasteiger partial charge in [0, 0.05) is 12.1 Å². The average Bonchev–Trinajstić information content (AvgIpc) is 3.06. The summed E-state index contributed by atoms with van der Waals surface area (Å²) in [5.74, 6) is 1.40. The van der Waals surface area contributed by atoms with E-state index in [-0.39, 0.29) is 18.2 Å². The van der Waals surface area contributed by atoms with Crippen LogP contribution in [0.3, 0.4) is 0 Å². The Labute approximate surface area is 142 Å². The van der Waals surface area contributed by atoms with Gasteiger partial charge >= 0.3 is 0 Å². The van der Waals surface area contributed by atoms with Crippen LogP contribution in [0.25, 0.3) is 0 Å². The van der Waals surface area contributed by atoms with Gasteiger partial charge in [0.2, 0.25) is 6.79 Å². The smallest absolute Gasteiger partial charge is 0.292 e. The quantitative estimate of drug-likeness (QED) is 0.680. The molecule has 1 amide bonds. The highest BCUT2D eigenvalue weighted by Gasteiger charge is 2.29. The van der Waals surface area contributed by atoms with Crippen LogP contribution < -0.4 is 19.5 Å². The summed E-state index contributed by atoms with van der Waals surface area (Å²) >= 11 is 0. The summed E-state index contributed by atoms with van der Waals surface area (Å²) in [5.41, 5.74) is 0.937. The fourth-order valence-electron chi connectivity index (χ4n) is 2.91. The fraction of sp³-hybridized carbons (Fsp3) is 0.235. The van der Waals surface area contributed by atoms with Crippen LogP contribution in [-0.4, -0.2) is 23.7 Å². The van der Waals surface area contributed by atoms with Gasteiger partial charge in [-0.3, -0.25) is 14.9 Å². The van der Waals surface area contributed by atoms with E-state index in [0.29, 0.717) is 30.1 Å². The summed E-state index contributed by atoms with van der Waals surface area (Å²) in [4.78, 5) is 23.0. The molecule has 2 aromatic carbocycles. The highest BCUT2D eigenvalue weighted by molar-refractivity contribution is 5.96. The SMILES string of the molecule is O=C(Nc1ccccc1[N+](=O)[O-])C1CCc2cc3c(cc2O1)OCO3. The van der Waals surface area contributed by atoms with Gasteiger partial charge in [-0.2, -0.15) is 0 Å². The first kappa shape index (κ1) is 15.3. The summed E-state index contributed by atoms with van der Waals surface area (Å²) in [7, 11) is 0. The lowest BCUT2D eigenvalue weighted by molar-refractivity contribution is -0.383. The molecule has 8 heteroatoms. The van der Waals surface area contributed by atoms with E-state index >= 15 is 0 Å². The Bertz CT molecular complexity index is 866. The molecule has 1 N–H and O–H groups in total. The minimum Gasteiger partial charge on any atom is -0.480 e. The third-order valence-corrected chi connectivity index (χ3v) is 4.15. The van der Waals surface area contributed by atoms with Crippen molar-refractivity contribution in [2.24, 2.45) is 0 Å². The molecule has 0 bridgehead atoms. The lowest BCUT2D eigenvalue weighted by atomic mass is 10.0. The summed E-state index contributed by atoms with van der Waals surface area (Å²) in [6.45, 7) is 0.166. The van der Waals surface area contributed by atoms with E-state index in [2.05, 4.69) is 5.32 Å². The number of fused-ring (bicyclic) bond motifs is 2. The lowest BCUT2D eigenvalue weighted by Gasteiger charge is -2.25. The highest BCUT2D eigenvalue weighted by atomic mass is 16.7. The van der Waals surface area contributed by atoms with Crippen molar-refractivity contribution >= 4 is 17.3 Å². The molecule has 25 heavy (non-hydrogen) atoms. The number of nitro benzene ring substituents is 1. The topological polar surface area (TPSA) is 99.9 Å². The van der Waals surface area contributed by atoms with Crippen LogP contribution >= 0.6 is 0 Å². The molecule has 0 radical (unpaired) electrons. The van der Waals surface area contributed by atoms with Crippen LogP contribution in [0.5, 0.6) is 17.2 Å². The molecule has 1 unspecified atom stereocenters. The maximum Gasteiger partial charge on any atom is 0.292 e. The molecule has 0 spiro atoms. The second kappa shape index (κ2) is 5.97. The van der Waals surface area contributed by atoms with Crippen LogP contribution in [0.4, 0.5) is 11.4 Å². The molecule has 0 aliphatic carbocycles. The highest BCUT2D eigenvalue weighted by Crippen LogP contribution is 2.41. The number of hydrogen-bond acceptors (Lipinski definition) is 6. The van der Waals surface area contributed by atoms with Crippen molar-refractivity contribution in [3.05, 3.63) is 52.1 Å². The molecule has 2 aromatic rings. The first-order valence-electron chi connectivity index (χ1n) is 7.75. The van der Waals surface area contributed by atoms with Crippen molar-refractivity contribution in [1.82, 2.24) is 0 Å². The minimum absolute atomic E-state index is 0.151. The third kappa shape index (κ3) is 2.82. The third-order valence-electron chi connectivity index (χ3n) is 4.15. The van der Waals surface area contributed by atoms with Crippen molar-refractivity contribution in [3.8, 4) is 17.2 Å². The Hall–Kier alpha value is -3.29. The second-order valence-electron chi connectivity index (χ2n) is 5.72. The number of hydrogen-bond donors (Lipinski definition) is 1. The maximum atomic E-state index is 12.5. The number of para-hydroxylation sites is 2. The zero-order valence-corrected chi connectivity index (χ0v) is 13.1. The number of nitro groups is 1. The number of carbonyl (C=O) groups is 1. The molecule has 2 heterocycles. The number of aryl methyl sites for hydroxylation is 1. The summed E-state index contributed by atoms with van der Waals surface area (Å²) in [5, 5.41) is 13.6. The summed E-state index contributed by atoms with van der Waals surface area (Å²) in [6, 6.07) is 9.57. The van der Waals surface area contributed by atoms with Gasteiger partial charge in [-0.1, -0.05) is 12.1 Å². The number of benzene rings is 2. The predicted molar refractivity (Wildman–Crippen MR) is 87.0 cm³/mol. The lowest BCUT2D eigenvalue weighted by Crippen LogP contribution is -2.36. The van der Waals surface area contributed by atoms with Gasteiger partial charge in [0.25, 0.3) is 11.6 Å². The van der Waals surface area contributed by atoms with Gasteiger partial charge < -0.3 is 19.5 Å². The molecule has 0 aromatic heterocycles. The van der Waals surface area contributed by atoms with Crippen molar-refractivity contribution in [2.75, 3.05) is 12.1 Å². The van der Waals surface area contributed by atoms with Crippen molar-refractivity contribution in [3.63, 3.8) is 0 Å². The van der Waals surface area contributed by atoms with E-state index in [9.17, 15) is 14.9 Å². The zero-order valence-electron chi connectivity index (χ0n) is 13.1. The molecule has 8 nitrogen and oxygen atoms in total. The predicted octanol–water partition coefficient (Wildman–Crippen LogP) is 2.66. The van der Waals surface area contributed by atoms with E-state index in [1.54, 1.807) is 18.2 Å². The number of carbonyl (C=O) groups excluding carboxylic acids is 1. The van der Waals surface area contributed by atoms with Crippen molar-refractivity contribution < 1.29 is 23.9 Å². The molecule has 0 fully saturated rings.